The smallest absolute Gasteiger partial charge is 0.373 e. The molecular formula is C96H79ClF4I6N24O12Y6-6. The monoisotopic (exact) mass is 3170 g/mol. The van der Waals surface area contributed by atoms with E-state index >= 15 is 0 Å². The minimum atomic E-state index is -4.55. The molecule has 0 aliphatic rings. The fourth-order valence-corrected chi connectivity index (χ4v) is 17.2. The maximum absolute atomic E-state index is 13.6. The van der Waals surface area contributed by atoms with Gasteiger partial charge in [0.15, 0.2) is 0 Å². The van der Waals surface area contributed by atoms with E-state index in [1.54, 1.807) is 88.9 Å². The first-order valence-electron chi connectivity index (χ1n) is 42.3. The van der Waals surface area contributed by atoms with Crippen LogP contribution < -0.4 is 62.6 Å². The number of benzene rings is 12. The Labute approximate surface area is 1090 Å². The van der Waals surface area contributed by atoms with E-state index in [0.717, 1.165) is 112 Å². The van der Waals surface area contributed by atoms with Crippen molar-refractivity contribution in [1.29, 1.82) is 0 Å². The zero-order chi connectivity index (χ0) is 102. The van der Waals surface area contributed by atoms with Gasteiger partial charge in [-0.05, 0) is 281 Å². The van der Waals surface area contributed by atoms with Crippen LogP contribution in [0, 0.1) is 84.4 Å². The normalized spacial score (nSPS) is 10.5. The summed E-state index contributed by atoms with van der Waals surface area (Å²) in [7, 11) is 9.24. The van der Waals surface area contributed by atoms with Gasteiger partial charge in [0, 0.05) is 334 Å². The van der Waals surface area contributed by atoms with Crippen molar-refractivity contribution in [2.45, 2.75) is 79.9 Å². The van der Waals surface area contributed by atoms with Crippen molar-refractivity contribution in [3.05, 3.63) is 405 Å². The zero-order valence-corrected chi connectivity index (χ0v) is 111. The van der Waals surface area contributed by atoms with E-state index in [9.17, 15) is 46.3 Å². The molecule has 0 atom stereocenters. The minimum absolute atomic E-state index is 0. The first-order chi connectivity index (χ1) is 68.6. The van der Waals surface area contributed by atoms with Gasteiger partial charge in [-0.3, -0.25) is 4.39 Å². The molecule has 36 nitrogen and oxygen atoms in total. The molecule has 0 aliphatic heterocycles. The molecule has 756 valence electrons. The van der Waals surface area contributed by atoms with E-state index in [1.165, 1.54) is 80.5 Å². The van der Waals surface area contributed by atoms with E-state index in [1.807, 2.05) is 165 Å². The van der Waals surface area contributed by atoms with Crippen molar-refractivity contribution in [3.63, 3.8) is 0 Å². The Bertz CT molecular complexity index is 7630. The molecular weight excluding hydrogens is 3090 g/mol. The molecule has 53 heteroatoms. The molecule has 0 unspecified atom stereocenters. The van der Waals surface area contributed by atoms with Crippen LogP contribution in [-0.4, -0.2) is 119 Å². The van der Waals surface area contributed by atoms with Gasteiger partial charge < -0.3 is 28.4 Å². The Morgan fingerprint density at radius 3 is 0.872 bits per heavy atom. The summed E-state index contributed by atoms with van der Waals surface area (Å²) in [6.07, 6.45) is -3.68. The van der Waals surface area contributed by atoms with Crippen LogP contribution >= 0.6 is 147 Å². The molecule has 149 heavy (non-hydrogen) atoms. The predicted octanol–water partition coefficient (Wildman–Crippen LogP) is 15.0. The van der Waals surface area contributed by atoms with Crippen molar-refractivity contribution in [1.82, 2.24) is 119 Å². The number of aryl methyl sites for hydroxylation is 10. The fraction of sp³-hybridized carbons (Fsp3) is 0.188. The largest absolute Gasteiger partial charge is 0.514 e. The third kappa shape index (κ3) is 33.9. The van der Waals surface area contributed by atoms with Crippen molar-refractivity contribution in [2.24, 2.45) is 42.3 Å². The van der Waals surface area contributed by atoms with E-state index in [-0.39, 0.29) is 256 Å². The molecule has 0 spiro atoms. The zero-order valence-electron chi connectivity index (χ0n) is 80.4. The van der Waals surface area contributed by atoms with Gasteiger partial charge in [0.25, 0.3) is 0 Å². The van der Waals surface area contributed by atoms with Crippen LogP contribution in [0.1, 0.15) is 68.1 Å². The molecule has 6 radical (unpaired) electrons. The van der Waals surface area contributed by atoms with Crippen LogP contribution in [0.2, 0.25) is 5.02 Å². The molecule has 6 heterocycles. The van der Waals surface area contributed by atoms with E-state index < -0.39 is 23.2 Å². The quantitative estimate of drug-likeness (QED) is 0.0291. The van der Waals surface area contributed by atoms with Gasteiger partial charge in [-0.15, -0.1) is 59.2 Å². The van der Waals surface area contributed by atoms with Crippen molar-refractivity contribution in [3.8, 4) is 68.6 Å². The van der Waals surface area contributed by atoms with Crippen LogP contribution in [0.5, 0.6) is 34.5 Å². The molecule has 0 saturated carbocycles. The van der Waals surface area contributed by atoms with Gasteiger partial charge in [0.05, 0.1) is 34.1 Å². The molecule has 12 aromatic carbocycles. The Morgan fingerprint density at radius 2 is 0.570 bits per heavy atom. The molecule has 0 N–H and O–H groups in total. The predicted molar refractivity (Wildman–Crippen MR) is 567 cm³/mol. The van der Waals surface area contributed by atoms with Crippen LogP contribution in [0.15, 0.2) is 241 Å². The second-order valence-electron chi connectivity index (χ2n) is 30.3. The van der Waals surface area contributed by atoms with Gasteiger partial charge in [-0.25, -0.2) is 28.8 Å². The van der Waals surface area contributed by atoms with Crippen LogP contribution in [0.3, 0.4) is 0 Å². The van der Waals surface area contributed by atoms with Crippen LogP contribution in [-0.2, 0) is 291 Å². The maximum atomic E-state index is 13.6. The van der Waals surface area contributed by atoms with Gasteiger partial charge >= 0.3 is 40.3 Å². The van der Waals surface area contributed by atoms with E-state index in [2.05, 4.69) is 219 Å². The number of hydrogen-bond acceptors (Lipinski definition) is 24. The first-order valence-corrected chi connectivity index (χ1v) is 49.2. The van der Waals surface area contributed by atoms with Crippen molar-refractivity contribution < 1.29 is 242 Å². The average molecular weight is 3170 g/mol. The molecule has 0 fully saturated rings. The summed E-state index contributed by atoms with van der Waals surface area (Å²) in [5.74, 6) is 2.31. The molecule has 0 saturated heterocycles. The number of tetrazole rings is 6. The number of hydrogen-bond donors (Lipinski definition) is 0. The number of halogens is 11. The van der Waals surface area contributed by atoms with Gasteiger partial charge in [-0.2, -0.15) is 184 Å². The summed E-state index contributed by atoms with van der Waals surface area (Å²) in [5, 5.41) is 46.2. The summed E-state index contributed by atoms with van der Waals surface area (Å²) in [6, 6.07) is 78.2. The first kappa shape index (κ1) is 130. The fourth-order valence-electron chi connectivity index (χ4n) is 13.1. The number of alkyl halides is 3. The van der Waals surface area contributed by atoms with Gasteiger partial charge in [0.2, 0.25) is 0 Å². The third-order valence-corrected chi connectivity index (χ3v) is 27.1. The SMILES string of the molecule is CCc1c[c-]ccc1OCc1c(I)cccc1-n1nnn(C)c1=O.Cc1[c-]cc(C)c(OCc2c(I)cccc2-n2nnn(C)c2=O)c1.Cc1c[c-]ccc1OCc1c(I)cccc1-n1nnn(C)c1=O.Cn1nnn(-c2cccc(I)c2COc2cc[c-]cc2C(F)(F)F)c1=O.Cn1nnn(-c2cccc(I)c2COc2cc[c-]cc2Cl)c1=O.Cn1nnn(-c2cccc(I)c2COc2cc[c-]cc2F)c1=O.[Y].[Y].[Y].[Y].[Y].[Y]. The summed E-state index contributed by atoms with van der Waals surface area (Å²) >= 11 is 19.1. The Kier molecular flexibility index (Phi) is 53.9. The third-order valence-electron chi connectivity index (χ3n) is 20.7. The second-order valence-corrected chi connectivity index (χ2v) is 37.7. The molecule has 0 aliphatic carbocycles. The van der Waals surface area contributed by atoms with E-state index in [4.69, 9.17) is 40.0 Å². The Hall–Kier alpha value is -6.33. The number of aromatic nitrogens is 24. The summed E-state index contributed by atoms with van der Waals surface area (Å²) in [5.41, 5.74) is 9.58. The molecule has 0 amide bonds. The topological polar surface area (TPSA) is 372 Å². The Morgan fingerprint density at radius 1 is 0.315 bits per heavy atom. The van der Waals surface area contributed by atoms with Crippen LogP contribution in [0.25, 0.3) is 34.1 Å². The minimum Gasteiger partial charge on any atom is -0.514 e. The molecule has 0 bridgehead atoms. The second kappa shape index (κ2) is 62.0. The number of nitrogens with zero attached hydrogens (tertiary/aromatic N) is 24. The summed E-state index contributed by atoms with van der Waals surface area (Å²) < 4.78 is 107. The molecule has 18 aromatic rings. The maximum Gasteiger partial charge on any atom is 0.373 e. The van der Waals surface area contributed by atoms with Crippen LogP contribution in [0.4, 0.5) is 17.6 Å². The number of ether oxygens (including phenoxy) is 6. The van der Waals surface area contributed by atoms with E-state index in [0.29, 0.717) is 73.9 Å². The van der Waals surface area contributed by atoms with Gasteiger partial charge in [-0.1, -0.05) is 70.5 Å². The summed E-state index contributed by atoms with van der Waals surface area (Å²) in [4.78, 5) is 72.7. The van der Waals surface area contributed by atoms with Gasteiger partial charge in [0.1, 0.15) is 39.6 Å². The summed E-state index contributed by atoms with van der Waals surface area (Å²) in [6.45, 7) is 9.18. The molecule has 18 rings (SSSR count). The number of rotatable bonds is 25. The molecule has 6 aromatic heterocycles. The van der Waals surface area contributed by atoms with Crippen molar-refractivity contribution in [2.75, 3.05) is 0 Å². The Balaban J connectivity index is 0.000000240. The average Bonchev–Trinajstić information content (AvgIpc) is 1.79. The standard InChI is InChI=1S/2C17H16IN4O2.C16H11F3IN4O2.C16H14IN4O2.C15H11ClIN4O2.C15H11FIN4O2.6Y/c1-11-7-8-12(2)16(9-11)24-10-13-14(18)5-4-6-15(13)22-17(23)21(3)19-20-22;1-3-12-7-4-5-10-16(12)24-11-13-14(18)8-6-9-15(13)22-17(23)21(2)19-20-22;1-23-15(25)24(22-21-23)13-7-4-6-12(20)10(13)9-26-14-8-3-2-5-11(14)16(17,18)19;1-11-6-3-4-9-15(11)23-10-12-13(17)7-5-8-14(12)21-16(22)20(2)18-19-21;2*1-20-15(22)21(19-18-20)13-7-4-6-12(17)10(13)9-23-14-8-3-2-5-11(14)16;;;;;;/h4-6,8-9H,10H2,1-3H3;5-10H,3,11H2,1-2H3;3-8H,9H2,1H3;4-9H,10H2,1-2H3;2*3-8H,9H2,1H3;;;;;;/q6*-1;;;;;;. The van der Waals surface area contributed by atoms with Crippen molar-refractivity contribution >= 4 is 147 Å².